The molecule has 66 valence electrons. The second kappa shape index (κ2) is 3.18. The van der Waals surface area contributed by atoms with Gasteiger partial charge in [0, 0.05) is 17.5 Å². The Morgan fingerprint density at radius 1 is 1.38 bits per heavy atom. The summed E-state index contributed by atoms with van der Waals surface area (Å²) in [6.45, 7) is 1.86. The normalized spacial score (nSPS) is 10.3. The van der Waals surface area contributed by atoms with Crippen molar-refractivity contribution in [1.29, 1.82) is 0 Å². The highest BCUT2D eigenvalue weighted by Gasteiger charge is 2.08. The lowest BCUT2D eigenvalue weighted by atomic mass is 10.2. The molecule has 0 atom stereocenters. The van der Waals surface area contributed by atoms with Crippen LogP contribution in [0.3, 0.4) is 0 Å². The fourth-order valence-electron chi connectivity index (χ4n) is 1.02. The fourth-order valence-corrected chi connectivity index (χ4v) is 1.67. The summed E-state index contributed by atoms with van der Waals surface area (Å²) in [7, 11) is 0. The molecule has 0 aromatic carbocycles. The van der Waals surface area contributed by atoms with E-state index in [1.807, 2.05) is 13.0 Å². The Balaban J connectivity index is 2.52. The van der Waals surface area contributed by atoms with Gasteiger partial charge in [-0.05, 0) is 19.1 Å². The fraction of sp³-hybridized carbons (Fsp3) is 0.125. The summed E-state index contributed by atoms with van der Waals surface area (Å²) < 4.78 is 12.6. The van der Waals surface area contributed by atoms with E-state index in [-0.39, 0.29) is 0 Å². The molecule has 0 N–H and O–H groups in total. The van der Waals surface area contributed by atoms with Crippen molar-refractivity contribution < 1.29 is 4.39 Å². The highest BCUT2D eigenvalue weighted by Crippen LogP contribution is 2.23. The van der Waals surface area contributed by atoms with Crippen molar-refractivity contribution in [2.45, 2.75) is 6.92 Å². The highest BCUT2D eigenvalue weighted by atomic mass is 32.1. The summed E-state index contributed by atoms with van der Waals surface area (Å²) in [5.41, 5.74) is 1.67. The molecule has 0 unspecified atom stereocenters. The molecule has 0 aliphatic rings. The maximum absolute atomic E-state index is 12.6. The van der Waals surface area contributed by atoms with Gasteiger partial charge >= 0.3 is 0 Å². The first-order chi connectivity index (χ1) is 6.27. The topological polar surface area (TPSA) is 38.7 Å². The van der Waals surface area contributed by atoms with Gasteiger partial charge in [0.15, 0.2) is 5.01 Å². The van der Waals surface area contributed by atoms with Crippen molar-refractivity contribution in [3.63, 3.8) is 0 Å². The minimum absolute atomic E-state index is 0.516. The lowest BCUT2D eigenvalue weighted by molar-refractivity contribution is 0.601. The number of hydrogen-bond donors (Lipinski definition) is 0. The van der Waals surface area contributed by atoms with Gasteiger partial charge in [0.25, 0.3) is 5.26 Å². The molecule has 5 heteroatoms. The number of aryl methyl sites for hydroxylation is 1. The van der Waals surface area contributed by atoms with E-state index < -0.39 is 5.26 Å². The third-order valence-corrected chi connectivity index (χ3v) is 2.38. The molecule has 2 aromatic heterocycles. The minimum atomic E-state index is -0.516. The second-order valence-corrected chi connectivity index (χ2v) is 3.42. The molecular formula is C8H6FN3S. The molecule has 0 saturated heterocycles. The van der Waals surface area contributed by atoms with Gasteiger partial charge in [-0.15, -0.1) is 10.2 Å². The van der Waals surface area contributed by atoms with E-state index in [1.54, 1.807) is 12.3 Å². The lowest BCUT2D eigenvalue weighted by Gasteiger charge is -1.97. The molecule has 0 aliphatic carbocycles. The quantitative estimate of drug-likeness (QED) is 0.699. The number of aromatic nitrogens is 3. The molecule has 0 saturated carbocycles. The summed E-state index contributed by atoms with van der Waals surface area (Å²) >= 11 is 0.926. The third-order valence-electron chi connectivity index (χ3n) is 1.64. The van der Waals surface area contributed by atoms with Gasteiger partial charge < -0.3 is 0 Å². The van der Waals surface area contributed by atoms with Crippen LogP contribution >= 0.6 is 11.3 Å². The van der Waals surface area contributed by atoms with E-state index >= 15 is 0 Å². The second-order valence-electron chi connectivity index (χ2n) is 2.50. The first-order valence-electron chi connectivity index (χ1n) is 3.68. The maximum Gasteiger partial charge on any atom is 0.289 e. The van der Waals surface area contributed by atoms with Crippen LogP contribution in [0, 0.1) is 12.2 Å². The first kappa shape index (κ1) is 8.25. The van der Waals surface area contributed by atoms with E-state index in [4.69, 9.17) is 0 Å². The zero-order valence-electron chi connectivity index (χ0n) is 6.86. The summed E-state index contributed by atoms with van der Waals surface area (Å²) in [4.78, 5) is 4.08. The predicted molar refractivity (Wildman–Crippen MR) is 47.8 cm³/mol. The monoisotopic (exact) mass is 195 g/mol. The zero-order chi connectivity index (χ0) is 9.26. The average Bonchev–Trinajstić information content (AvgIpc) is 2.53. The number of pyridine rings is 1. The van der Waals surface area contributed by atoms with Crippen LogP contribution in [0.15, 0.2) is 18.3 Å². The van der Waals surface area contributed by atoms with Crippen molar-refractivity contribution in [2.75, 3.05) is 0 Å². The van der Waals surface area contributed by atoms with Gasteiger partial charge in [-0.25, -0.2) is 0 Å². The standard InChI is InChI=1S/C8H6FN3S/c1-5-6(3-2-4-10-5)7-11-12-8(9)13-7/h2-4H,1H3. The average molecular weight is 195 g/mol. The van der Waals surface area contributed by atoms with Gasteiger partial charge in [0.1, 0.15) is 0 Å². The molecule has 2 heterocycles. The maximum atomic E-state index is 12.6. The molecule has 0 amide bonds. The summed E-state index contributed by atoms with van der Waals surface area (Å²) in [6, 6.07) is 3.64. The Morgan fingerprint density at radius 3 is 2.85 bits per heavy atom. The van der Waals surface area contributed by atoms with E-state index in [2.05, 4.69) is 15.2 Å². The molecule has 2 aromatic rings. The van der Waals surface area contributed by atoms with Crippen LogP contribution in [-0.2, 0) is 0 Å². The summed E-state index contributed by atoms with van der Waals surface area (Å²) in [6.07, 6.45) is 1.69. The van der Waals surface area contributed by atoms with Gasteiger partial charge in [0.2, 0.25) is 0 Å². The van der Waals surface area contributed by atoms with Gasteiger partial charge in [-0.2, -0.15) is 4.39 Å². The third kappa shape index (κ3) is 1.55. The van der Waals surface area contributed by atoms with E-state index in [9.17, 15) is 4.39 Å². The highest BCUT2D eigenvalue weighted by molar-refractivity contribution is 7.13. The molecule has 3 nitrogen and oxygen atoms in total. The van der Waals surface area contributed by atoms with Crippen molar-refractivity contribution in [3.05, 3.63) is 29.3 Å². The van der Waals surface area contributed by atoms with Crippen LogP contribution in [0.25, 0.3) is 10.6 Å². The van der Waals surface area contributed by atoms with Crippen LogP contribution < -0.4 is 0 Å². The zero-order valence-corrected chi connectivity index (χ0v) is 7.68. The SMILES string of the molecule is Cc1ncccc1-c1nnc(F)s1. The molecular weight excluding hydrogens is 189 g/mol. The lowest BCUT2D eigenvalue weighted by Crippen LogP contribution is -1.85. The van der Waals surface area contributed by atoms with Crippen molar-refractivity contribution >= 4 is 11.3 Å². The van der Waals surface area contributed by atoms with Crippen LogP contribution in [0.4, 0.5) is 4.39 Å². The number of hydrogen-bond acceptors (Lipinski definition) is 4. The molecule has 0 bridgehead atoms. The minimum Gasteiger partial charge on any atom is -0.261 e. The van der Waals surface area contributed by atoms with Crippen LogP contribution in [0.2, 0.25) is 0 Å². The van der Waals surface area contributed by atoms with E-state index in [0.717, 1.165) is 22.6 Å². The Morgan fingerprint density at radius 2 is 2.23 bits per heavy atom. The largest absolute Gasteiger partial charge is 0.289 e. The molecule has 0 spiro atoms. The Labute approximate surface area is 78.3 Å². The van der Waals surface area contributed by atoms with Gasteiger partial charge in [-0.1, -0.05) is 11.3 Å². The van der Waals surface area contributed by atoms with Crippen molar-refractivity contribution in [3.8, 4) is 10.6 Å². The first-order valence-corrected chi connectivity index (χ1v) is 4.50. The molecule has 0 radical (unpaired) electrons. The predicted octanol–water partition coefficient (Wildman–Crippen LogP) is 2.05. The number of rotatable bonds is 1. The molecule has 0 aliphatic heterocycles. The van der Waals surface area contributed by atoms with E-state index in [1.165, 1.54) is 0 Å². The van der Waals surface area contributed by atoms with Gasteiger partial charge in [0.05, 0.1) is 0 Å². The van der Waals surface area contributed by atoms with Crippen LogP contribution in [0.1, 0.15) is 5.69 Å². The van der Waals surface area contributed by atoms with Gasteiger partial charge in [-0.3, -0.25) is 4.98 Å². The number of nitrogens with zero attached hydrogens (tertiary/aromatic N) is 3. The van der Waals surface area contributed by atoms with E-state index in [0.29, 0.717) is 5.01 Å². The molecule has 0 fully saturated rings. The summed E-state index contributed by atoms with van der Waals surface area (Å²) in [5.74, 6) is 0. The Kier molecular flexibility index (Phi) is 2.02. The summed E-state index contributed by atoms with van der Waals surface area (Å²) in [5, 5.41) is 7.07. The Bertz CT molecular complexity index is 427. The van der Waals surface area contributed by atoms with Crippen molar-refractivity contribution in [2.24, 2.45) is 0 Å². The smallest absolute Gasteiger partial charge is 0.261 e. The molecule has 2 rings (SSSR count). The van der Waals surface area contributed by atoms with Crippen LogP contribution in [0.5, 0.6) is 0 Å². The molecule has 13 heavy (non-hydrogen) atoms. The number of halogens is 1. The van der Waals surface area contributed by atoms with Crippen LogP contribution in [-0.4, -0.2) is 15.2 Å². The Hall–Kier alpha value is -1.36. The van der Waals surface area contributed by atoms with Crippen molar-refractivity contribution in [1.82, 2.24) is 15.2 Å².